The van der Waals surface area contributed by atoms with Crippen LogP contribution in [0.1, 0.15) is 67.5 Å². The Morgan fingerprint density at radius 1 is 1.14 bits per heavy atom. The van der Waals surface area contributed by atoms with Crippen LogP contribution in [0.2, 0.25) is 0 Å². The van der Waals surface area contributed by atoms with E-state index in [2.05, 4.69) is 20.5 Å². The minimum atomic E-state index is -4.68. The first-order valence-corrected chi connectivity index (χ1v) is 12.6. The monoisotopic (exact) mass is 523 g/mol. The molecule has 2 bridgehead atoms. The lowest BCUT2D eigenvalue weighted by Gasteiger charge is -2.40. The van der Waals surface area contributed by atoms with Crippen LogP contribution in [0.4, 0.5) is 17.6 Å². The number of nitrogens with one attached hydrogen (secondary N) is 2. The molecule has 3 atom stereocenters. The quantitative estimate of drug-likeness (QED) is 0.530. The molecule has 5 rings (SSSR count). The third-order valence-electron chi connectivity index (χ3n) is 8.10. The van der Waals surface area contributed by atoms with Crippen LogP contribution in [0.25, 0.3) is 11.3 Å². The number of halogens is 4. The minimum absolute atomic E-state index is 0.0612. The molecule has 37 heavy (non-hydrogen) atoms. The number of pyridine rings is 1. The summed E-state index contributed by atoms with van der Waals surface area (Å²) < 4.78 is 53.4. The molecule has 200 valence electrons. The number of piperidine rings is 1. The number of hydrogen-bond acceptors (Lipinski definition) is 5. The number of rotatable bonds is 4. The number of alkyl halides is 3. The van der Waals surface area contributed by atoms with Gasteiger partial charge in [0.05, 0.1) is 11.9 Å². The van der Waals surface area contributed by atoms with Crippen molar-refractivity contribution in [3.8, 4) is 11.3 Å². The molecule has 2 aliphatic heterocycles. The van der Waals surface area contributed by atoms with E-state index in [4.69, 9.17) is 0 Å². The second-order valence-corrected chi connectivity index (χ2v) is 10.6. The van der Waals surface area contributed by atoms with Crippen molar-refractivity contribution in [3.05, 3.63) is 35.5 Å². The maximum absolute atomic E-state index is 14.2. The third kappa shape index (κ3) is 4.83. The predicted molar refractivity (Wildman–Crippen MR) is 124 cm³/mol. The van der Waals surface area contributed by atoms with E-state index in [0.29, 0.717) is 24.2 Å². The number of carbonyl (C=O) groups excluding carboxylic acids is 2. The zero-order chi connectivity index (χ0) is 26.5. The SMILES string of the molecule is Cc1cc(-c2cc(C(=O)N3[C@@H]4CC[C@H]3CC(C(=O)NC3CCC(O)(C(F)(F)F)CC3)C4)[nH]n2)c(F)cn1. The molecule has 0 aromatic carbocycles. The van der Waals surface area contributed by atoms with Crippen molar-refractivity contribution in [1.29, 1.82) is 0 Å². The topological polar surface area (TPSA) is 111 Å². The Kier molecular flexibility index (Phi) is 6.49. The number of aromatic nitrogens is 3. The zero-order valence-electron chi connectivity index (χ0n) is 20.3. The van der Waals surface area contributed by atoms with Crippen molar-refractivity contribution in [2.45, 2.75) is 88.2 Å². The van der Waals surface area contributed by atoms with Gasteiger partial charge in [0.25, 0.3) is 5.91 Å². The van der Waals surface area contributed by atoms with E-state index >= 15 is 0 Å². The molecule has 2 aromatic rings. The first-order chi connectivity index (χ1) is 17.4. The second-order valence-electron chi connectivity index (χ2n) is 10.6. The van der Waals surface area contributed by atoms with Crippen molar-refractivity contribution >= 4 is 11.8 Å². The van der Waals surface area contributed by atoms with Gasteiger partial charge >= 0.3 is 6.18 Å². The van der Waals surface area contributed by atoms with Crippen LogP contribution in [0.3, 0.4) is 0 Å². The van der Waals surface area contributed by atoms with Gasteiger partial charge in [-0.05, 0) is 70.4 Å². The number of carbonyl (C=O) groups is 2. The minimum Gasteiger partial charge on any atom is -0.380 e. The van der Waals surface area contributed by atoms with Crippen LogP contribution in [-0.4, -0.2) is 66.9 Å². The normalized spacial score (nSPS) is 29.8. The van der Waals surface area contributed by atoms with Crippen LogP contribution in [0, 0.1) is 18.7 Å². The number of aliphatic hydroxyl groups is 1. The molecule has 1 aliphatic carbocycles. The van der Waals surface area contributed by atoms with Crippen molar-refractivity contribution in [3.63, 3.8) is 0 Å². The average molecular weight is 524 g/mol. The van der Waals surface area contributed by atoms with Gasteiger partial charge < -0.3 is 15.3 Å². The first-order valence-electron chi connectivity index (χ1n) is 12.6. The Balaban J connectivity index is 1.20. The van der Waals surface area contributed by atoms with Crippen molar-refractivity contribution < 1.29 is 32.3 Å². The lowest BCUT2D eigenvalue weighted by Crippen LogP contribution is -2.53. The van der Waals surface area contributed by atoms with E-state index < -0.39 is 36.5 Å². The fourth-order valence-electron chi connectivity index (χ4n) is 6.01. The van der Waals surface area contributed by atoms with Crippen LogP contribution in [0.5, 0.6) is 0 Å². The van der Waals surface area contributed by atoms with E-state index in [-0.39, 0.29) is 53.9 Å². The molecule has 8 nitrogen and oxygen atoms in total. The first kappa shape index (κ1) is 25.6. The van der Waals surface area contributed by atoms with E-state index in [9.17, 15) is 32.3 Å². The standard InChI is InChI=1S/C25H29F4N5O3/c1-13-8-18(19(26)12-30-13)20-11-21(33-32-20)23(36)34-16-2-3-17(34)10-14(9-16)22(35)31-15-4-6-24(37,7-5-15)25(27,28)29/h8,11-12,14-17,37H,2-7,9-10H2,1H3,(H,31,35)(H,32,33)/t14?,15?,16-,17+,24?. The van der Waals surface area contributed by atoms with Crippen molar-refractivity contribution in [2.24, 2.45) is 5.92 Å². The molecule has 2 saturated heterocycles. The largest absolute Gasteiger partial charge is 0.417 e. The Morgan fingerprint density at radius 2 is 1.78 bits per heavy atom. The number of H-pyrrole nitrogens is 1. The maximum Gasteiger partial charge on any atom is 0.417 e. The number of aryl methyl sites for hydroxylation is 1. The summed E-state index contributed by atoms with van der Waals surface area (Å²) in [7, 11) is 0. The molecular weight excluding hydrogens is 494 g/mol. The highest BCUT2D eigenvalue weighted by Crippen LogP contribution is 2.42. The number of aromatic amines is 1. The summed E-state index contributed by atoms with van der Waals surface area (Å²) in [6, 6.07) is 2.38. The third-order valence-corrected chi connectivity index (χ3v) is 8.10. The van der Waals surface area contributed by atoms with E-state index in [0.717, 1.165) is 19.0 Å². The fraction of sp³-hybridized carbons (Fsp3) is 0.600. The van der Waals surface area contributed by atoms with Crippen LogP contribution >= 0.6 is 0 Å². The molecule has 12 heteroatoms. The Hall–Kier alpha value is -3.02. The highest BCUT2D eigenvalue weighted by atomic mass is 19.4. The molecule has 0 radical (unpaired) electrons. The Labute approximate surface area is 210 Å². The summed E-state index contributed by atoms with van der Waals surface area (Å²) in [6.07, 6.45) is -1.88. The molecule has 4 heterocycles. The zero-order valence-corrected chi connectivity index (χ0v) is 20.3. The van der Waals surface area contributed by atoms with E-state index in [1.807, 2.05) is 0 Å². The van der Waals surface area contributed by atoms with Gasteiger partial charge in [0.15, 0.2) is 11.4 Å². The van der Waals surface area contributed by atoms with E-state index in [1.165, 1.54) is 6.07 Å². The number of hydrogen-bond donors (Lipinski definition) is 3. The molecule has 2 amide bonds. The van der Waals surface area contributed by atoms with Gasteiger partial charge in [-0.15, -0.1) is 0 Å². The van der Waals surface area contributed by atoms with Crippen molar-refractivity contribution in [2.75, 3.05) is 0 Å². The van der Waals surface area contributed by atoms with E-state index in [1.54, 1.807) is 17.9 Å². The highest BCUT2D eigenvalue weighted by Gasteiger charge is 2.55. The van der Waals surface area contributed by atoms with Crippen molar-refractivity contribution in [1.82, 2.24) is 25.4 Å². The predicted octanol–water partition coefficient (Wildman–Crippen LogP) is 3.65. The lowest BCUT2D eigenvalue weighted by molar-refractivity contribution is -0.270. The van der Waals surface area contributed by atoms with Gasteiger partial charge in [0.2, 0.25) is 5.91 Å². The molecule has 1 unspecified atom stereocenters. The van der Waals surface area contributed by atoms with Gasteiger partial charge in [-0.2, -0.15) is 18.3 Å². The second kappa shape index (κ2) is 9.38. The van der Waals surface area contributed by atoms with Gasteiger partial charge in [0, 0.05) is 35.3 Å². The smallest absolute Gasteiger partial charge is 0.380 e. The lowest BCUT2D eigenvalue weighted by atomic mass is 9.81. The van der Waals surface area contributed by atoms with Crippen LogP contribution in [0.15, 0.2) is 18.3 Å². The molecule has 1 saturated carbocycles. The van der Waals surface area contributed by atoms with Gasteiger partial charge in [-0.1, -0.05) is 0 Å². The Bertz CT molecular complexity index is 1180. The summed E-state index contributed by atoms with van der Waals surface area (Å²) >= 11 is 0. The Morgan fingerprint density at radius 3 is 2.41 bits per heavy atom. The maximum atomic E-state index is 14.2. The fourth-order valence-corrected chi connectivity index (χ4v) is 6.01. The van der Waals surface area contributed by atoms with Gasteiger partial charge in [-0.3, -0.25) is 19.7 Å². The summed E-state index contributed by atoms with van der Waals surface area (Å²) in [5.41, 5.74) is -1.28. The highest BCUT2D eigenvalue weighted by molar-refractivity contribution is 5.94. The number of fused-ring (bicyclic) bond motifs is 2. The summed E-state index contributed by atoms with van der Waals surface area (Å²) in [4.78, 5) is 32.0. The van der Waals surface area contributed by atoms with Gasteiger partial charge in [-0.25, -0.2) is 4.39 Å². The molecule has 2 aromatic heterocycles. The summed E-state index contributed by atoms with van der Waals surface area (Å²) in [6.45, 7) is 1.73. The molecule has 0 spiro atoms. The summed E-state index contributed by atoms with van der Waals surface area (Å²) in [5.74, 6) is -1.34. The molecule has 3 fully saturated rings. The van der Waals surface area contributed by atoms with Crippen LogP contribution in [-0.2, 0) is 4.79 Å². The molecule has 3 aliphatic rings. The van der Waals surface area contributed by atoms with Crippen LogP contribution < -0.4 is 5.32 Å². The molecular formula is C25H29F4N5O3. The molecule has 3 N–H and O–H groups in total. The number of nitrogens with zero attached hydrogens (tertiary/aromatic N) is 3. The number of amides is 2. The average Bonchev–Trinajstić information content (AvgIpc) is 3.43. The van der Waals surface area contributed by atoms with Gasteiger partial charge in [0.1, 0.15) is 5.69 Å². The summed E-state index contributed by atoms with van der Waals surface area (Å²) in [5, 5.41) is 19.6.